The summed E-state index contributed by atoms with van der Waals surface area (Å²) in [6, 6.07) is 0.410. The van der Waals surface area contributed by atoms with Crippen molar-refractivity contribution < 1.29 is 0 Å². The molecule has 5 nitrogen and oxygen atoms in total. The van der Waals surface area contributed by atoms with Gasteiger partial charge in [-0.25, -0.2) is 4.98 Å². The Labute approximate surface area is 122 Å². The first-order chi connectivity index (χ1) is 9.49. The van der Waals surface area contributed by atoms with Crippen LogP contribution in [0.25, 0.3) is 0 Å². The quantitative estimate of drug-likeness (QED) is 0.886. The molecule has 114 valence electrons. The van der Waals surface area contributed by atoms with Crippen LogP contribution in [0, 0.1) is 5.92 Å². The number of aromatic nitrogens is 3. The fraction of sp³-hybridized carbons (Fsp3) is 0.867. The first-order valence-corrected chi connectivity index (χ1v) is 7.67. The number of likely N-dealkylation sites (N-methyl/N-ethyl adjacent to an activating group) is 2. The van der Waals surface area contributed by atoms with Gasteiger partial charge in [0.15, 0.2) is 0 Å². The van der Waals surface area contributed by atoms with Crippen molar-refractivity contribution in [1.82, 2.24) is 25.0 Å². The fourth-order valence-electron chi connectivity index (χ4n) is 3.62. The van der Waals surface area contributed by atoms with Crippen molar-refractivity contribution in [2.24, 2.45) is 13.0 Å². The van der Waals surface area contributed by atoms with E-state index >= 15 is 0 Å². The zero-order chi connectivity index (χ0) is 14.8. The van der Waals surface area contributed by atoms with E-state index in [2.05, 4.69) is 48.4 Å². The minimum Gasteiger partial charge on any atom is -0.315 e. The Morgan fingerprint density at radius 3 is 2.55 bits per heavy atom. The van der Waals surface area contributed by atoms with E-state index < -0.39 is 0 Å². The molecule has 1 aliphatic carbocycles. The third-order valence-corrected chi connectivity index (χ3v) is 5.22. The summed E-state index contributed by atoms with van der Waals surface area (Å²) >= 11 is 0. The lowest BCUT2D eigenvalue weighted by Gasteiger charge is -2.49. The van der Waals surface area contributed by atoms with Crippen molar-refractivity contribution >= 4 is 0 Å². The first-order valence-electron chi connectivity index (χ1n) is 7.67. The van der Waals surface area contributed by atoms with Crippen LogP contribution < -0.4 is 5.32 Å². The third-order valence-electron chi connectivity index (χ3n) is 5.22. The molecule has 0 saturated heterocycles. The highest BCUT2D eigenvalue weighted by atomic mass is 15.3. The fourth-order valence-corrected chi connectivity index (χ4v) is 3.62. The highest BCUT2D eigenvalue weighted by molar-refractivity contribution is 5.05. The zero-order valence-corrected chi connectivity index (χ0v) is 13.6. The maximum atomic E-state index is 4.40. The molecule has 1 aliphatic rings. The number of nitrogens with zero attached hydrogens (tertiary/aromatic N) is 4. The van der Waals surface area contributed by atoms with Crippen molar-refractivity contribution in [1.29, 1.82) is 0 Å². The average molecular weight is 279 g/mol. The Bertz CT molecular complexity index is 418. The molecule has 1 atom stereocenters. The molecule has 1 fully saturated rings. The summed E-state index contributed by atoms with van der Waals surface area (Å²) < 4.78 is 1.89. The summed E-state index contributed by atoms with van der Waals surface area (Å²) in [5, 5.41) is 7.74. The minimum atomic E-state index is 0.229. The molecular weight excluding hydrogens is 250 g/mol. The second-order valence-corrected chi connectivity index (χ2v) is 6.53. The lowest BCUT2D eigenvalue weighted by molar-refractivity contribution is 0.0452. The highest BCUT2D eigenvalue weighted by Gasteiger charge is 2.42. The van der Waals surface area contributed by atoms with Crippen molar-refractivity contribution in [3.05, 3.63) is 12.2 Å². The Hall–Kier alpha value is -0.940. The van der Waals surface area contributed by atoms with Crippen molar-refractivity contribution in [2.45, 2.75) is 50.6 Å². The van der Waals surface area contributed by atoms with Crippen LogP contribution in [0.15, 0.2) is 6.33 Å². The van der Waals surface area contributed by atoms with Crippen LogP contribution in [-0.2, 0) is 13.5 Å². The number of hydrogen-bond donors (Lipinski definition) is 1. The van der Waals surface area contributed by atoms with E-state index in [1.165, 1.54) is 25.7 Å². The van der Waals surface area contributed by atoms with Gasteiger partial charge in [0.25, 0.3) is 0 Å². The van der Waals surface area contributed by atoms with E-state index in [1.54, 1.807) is 6.33 Å². The number of rotatable bonds is 5. The molecule has 0 radical (unpaired) electrons. The van der Waals surface area contributed by atoms with E-state index in [4.69, 9.17) is 0 Å². The van der Waals surface area contributed by atoms with Gasteiger partial charge >= 0.3 is 0 Å². The van der Waals surface area contributed by atoms with E-state index in [0.717, 1.165) is 18.2 Å². The third kappa shape index (κ3) is 2.88. The topological polar surface area (TPSA) is 46.0 Å². The molecule has 1 heterocycles. The molecule has 1 aromatic heterocycles. The molecule has 20 heavy (non-hydrogen) atoms. The summed E-state index contributed by atoms with van der Waals surface area (Å²) in [7, 11) is 8.48. The van der Waals surface area contributed by atoms with Gasteiger partial charge in [0.05, 0.1) is 0 Å². The average Bonchev–Trinajstić information content (AvgIpc) is 2.82. The molecule has 0 aliphatic heterocycles. The molecule has 0 spiro atoms. The van der Waals surface area contributed by atoms with Crippen LogP contribution in [0.5, 0.6) is 0 Å². The van der Waals surface area contributed by atoms with Crippen LogP contribution in [0.4, 0.5) is 0 Å². The Morgan fingerprint density at radius 2 is 2.10 bits per heavy atom. The van der Waals surface area contributed by atoms with Crippen LogP contribution in [0.1, 0.15) is 38.4 Å². The van der Waals surface area contributed by atoms with E-state index in [9.17, 15) is 0 Å². The van der Waals surface area contributed by atoms with Crippen LogP contribution in [0.2, 0.25) is 0 Å². The molecule has 0 bridgehead atoms. The van der Waals surface area contributed by atoms with Crippen molar-refractivity contribution in [2.75, 3.05) is 21.1 Å². The lowest BCUT2D eigenvalue weighted by Crippen LogP contribution is -2.60. The van der Waals surface area contributed by atoms with Crippen LogP contribution in [0.3, 0.4) is 0 Å². The molecule has 5 heteroatoms. The predicted molar refractivity (Wildman–Crippen MR) is 81.6 cm³/mol. The van der Waals surface area contributed by atoms with Crippen LogP contribution >= 0.6 is 0 Å². The minimum absolute atomic E-state index is 0.229. The van der Waals surface area contributed by atoms with Gasteiger partial charge in [-0.2, -0.15) is 5.10 Å². The number of nitrogens with one attached hydrogen (secondary N) is 1. The lowest BCUT2D eigenvalue weighted by atomic mass is 9.71. The Balaban J connectivity index is 2.20. The van der Waals surface area contributed by atoms with Gasteiger partial charge in [-0.05, 0) is 52.7 Å². The van der Waals surface area contributed by atoms with Gasteiger partial charge in [0.1, 0.15) is 12.2 Å². The predicted octanol–water partition coefficient (Wildman–Crippen LogP) is 1.46. The summed E-state index contributed by atoms with van der Waals surface area (Å²) in [4.78, 5) is 6.82. The molecule has 1 N–H and O–H groups in total. The molecule has 1 saturated carbocycles. The maximum Gasteiger partial charge on any atom is 0.138 e. The molecule has 0 amide bonds. The smallest absolute Gasteiger partial charge is 0.138 e. The maximum absolute atomic E-state index is 4.40. The van der Waals surface area contributed by atoms with Crippen molar-refractivity contribution in [3.63, 3.8) is 0 Å². The van der Waals surface area contributed by atoms with Gasteiger partial charge in [-0.3, -0.25) is 4.68 Å². The molecule has 0 aromatic carbocycles. The zero-order valence-electron chi connectivity index (χ0n) is 13.6. The normalized spacial score (nSPS) is 28.8. The second kappa shape index (κ2) is 6.22. The first kappa shape index (κ1) is 15.4. The standard InChI is InChI=1S/C15H29N5/c1-12-6-8-15(9-7-12,19(3)4)13(16-2)10-14-17-11-18-20(14)5/h11-13,16H,6-10H2,1-5H3. The van der Waals surface area contributed by atoms with E-state index in [-0.39, 0.29) is 5.54 Å². The Morgan fingerprint density at radius 1 is 1.45 bits per heavy atom. The summed E-state index contributed by atoms with van der Waals surface area (Å²) in [5.74, 6) is 1.92. The van der Waals surface area contributed by atoms with E-state index in [1.807, 2.05) is 11.7 Å². The van der Waals surface area contributed by atoms with Crippen molar-refractivity contribution in [3.8, 4) is 0 Å². The summed E-state index contributed by atoms with van der Waals surface area (Å²) in [5.41, 5.74) is 0.229. The van der Waals surface area contributed by atoms with Gasteiger partial charge in [-0.15, -0.1) is 0 Å². The van der Waals surface area contributed by atoms with Gasteiger partial charge in [0.2, 0.25) is 0 Å². The van der Waals surface area contributed by atoms with Gasteiger partial charge < -0.3 is 10.2 Å². The molecule has 1 aromatic rings. The highest BCUT2D eigenvalue weighted by Crippen LogP contribution is 2.38. The largest absolute Gasteiger partial charge is 0.315 e. The molecule has 2 rings (SSSR count). The van der Waals surface area contributed by atoms with Gasteiger partial charge in [0, 0.05) is 25.0 Å². The SMILES string of the molecule is CNC(Cc1ncnn1C)C1(N(C)C)CCC(C)CC1. The Kier molecular flexibility index (Phi) is 4.81. The monoisotopic (exact) mass is 279 g/mol. The van der Waals surface area contributed by atoms with E-state index in [0.29, 0.717) is 6.04 Å². The second-order valence-electron chi connectivity index (χ2n) is 6.53. The van der Waals surface area contributed by atoms with Crippen LogP contribution in [-0.4, -0.2) is 52.4 Å². The molecular formula is C15H29N5. The summed E-state index contributed by atoms with van der Waals surface area (Å²) in [6.07, 6.45) is 7.71. The van der Waals surface area contributed by atoms with Gasteiger partial charge in [-0.1, -0.05) is 6.92 Å². The number of aryl methyl sites for hydroxylation is 1. The summed E-state index contributed by atoms with van der Waals surface area (Å²) in [6.45, 7) is 2.37. The number of hydrogen-bond acceptors (Lipinski definition) is 4. The molecule has 1 unspecified atom stereocenters.